The van der Waals surface area contributed by atoms with Gasteiger partial charge in [-0.05, 0) is 25.5 Å². The summed E-state index contributed by atoms with van der Waals surface area (Å²) in [5, 5.41) is 16.9. The highest BCUT2D eigenvalue weighted by molar-refractivity contribution is 5.48. The topological polar surface area (TPSA) is 47.6 Å². The summed E-state index contributed by atoms with van der Waals surface area (Å²) in [5.41, 5.74) is 1.37. The van der Waals surface area contributed by atoms with E-state index in [1.165, 1.54) is 6.08 Å². The first-order valence-electron chi connectivity index (χ1n) is 3.59. The monoisotopic (exact) mass is 158 g/mol. The number of nitrogens with zero attached hydrogens (tertiary/aromatic N) is 2. The van der Waals surface area contributed by atoms with Crippen LogP contribution in [0, 0.1) is 22.7 Å². The average molecular weight is 158 g/mol. The number of allylic oxidation sites excluding steroid dienone is 6. The summed E-state index contributed by atoms with van der Waals surface area (Å²) in [6.07, 6.45) is 6.50. The summed E-state index contributed by atoms with van der Waals surface area (Å²) in [6, 6.07) is 3.92. The second kappa shape index (κ2) is 5.95. The quantitative estimate of drug-likeness (QED) is 0.458. The first-order chi connectivity index (χ1) is 5.79. The molecule has 0 amide bonds. The number of rotatable bonds is 2. The van der Waals surface area contributed by atoms with Crippen LogP contribution in [0.25, 0.3) is 0 Å². The van der Waals surface area contributed by atoms with Crippen molar-refractivity contribution in [1.29, 1.82) is 10.5 Å². The van der Waals surface area contributed by atoms with Crippen molar-refractivity contribution in [2.75, 3.05) is 0 Å². The zero-order valence-electron chi connectivity index (χ0n) is 7.20. The maximum atomic E-state index is 8.65. The van der Waals surface area contributed by atoms with Crippen LogP contribution in [0.3, 0.4) is 0 Å². The highest BCUT2D eigenvalue weighted by Gasteiger charge is 1.96. The van der Waals surface area contributed by atoms with Crippen molar-refractivity contribution in [2.45, 2.75) is 13.8 Å². The fraction of sp³-hybridized carbons (Fsp3) is 0.200. The normalized spacial score (nSPS) is 12.7. The van der Waals surface area contributed by atoms with Crippen LogP contribution in [0.5, 0.6) is 0 Å². The first kappa shape index (κ1) is 10.2. The average Bonchev–Trinajstić information content (AvgIpc) is 2.12. The second-order valence-corrected chi connectivity index (χ2v) is 2.02. The summed E-state index contributed by atoms with van der Waals surface area (Å²) in [7, 11) is 0. The van der Waals surface area contributed by atoms with Crippen LogP contribution in [0.4, 0.5) is 0 Å². The van der Waals surface area contributed by atoms with E-state index in [9.17, 15) is 0 Å². The van der Waals surface area contributed by atoms with Crippen LogP contribution in [0.2, 0.25) is 0 Å². The lowest BCUT2D eigenvalue weighted by molar-refractivity contribution is 1.42. The molecule has 0 spiro atoms. The van der Waals surface area contributed by atoms with Gasteiger partial charge >= 0.3 is 0 Å². The van der Waals surface area contributed by atoms with Gasteiger partial charge in [-0.15, -0.1) is 0 Å². The van der Waals surface area contributed by atoms with Crippen molar-refractivity contribution < 1.29 is 0 Å². The Bertz CT molecular complexity index is 306. The molecule has 2 heteroatoms. The van der Waals surface area contributed by atoms with E-state index in [0.717, 1.165) is 5.57 Å². The molecule has 0 fully saturated rings. The Labute approximate surface area is 72.7 Å². The molecular formula is C10H10N2. The molecule has 0 aliphatic heterocycles. The predicted molar refractivity (Wildman–Crippen MR) is 47.9 cm³/mol. The zero-order valence-corrected chi connectivity index (χ0v) is 7.20. The van der Waals surface area contributed by atoms with Crippen LogP contribution in [0.15, 0.2) is 35.5 Å². The summed E-state index contributed by atoms with van der Waals surface area (Å²) in [5.74, 6) is 0. The van der Waals surface area contributed by atoms with E-state index < -0.39 is 0 Å². The van der Waals surface area contributed by atoms with Gasteiger partial charge < -0.3 is 0 Å². The molecule has 0 saturated heterocycles. The number of nitriles is 2. The van der Waals surface area contributed by atoms with E-state index >= 15 is 0 Å². The van der Waals surface area contributed by atoms with Gasteiger partial charge in [0.05, 0.1) is 17.7 Å². The molecule has 0 bridgehead atoms. The standard InChI is InChI=1S/C10H10N2/c1-3-9(6-5-7-11)10(4-2)8-12/h3-6H,1-2H3. The Morgan fingerprint density at radius 3 is 2.17 bits per heavy atom. The van der Waals surface area contributed by atoms with Crippen LogP contribution in [-0.4, -0.2) is 0 Å². The second-order valence-electron chi connectivity index (χ2n) is 2.02. The minimum absolute atomic E-state index is 0.587. The highest BCUT2D eigenvalue weighted by Crippen LogP contribution is 2.09. The minimum atomic E-state index is 0.587. The predicted octanol–water partition coefficient (Wildman–Crippen LogP) is 2.48. The molecule has 0 saturated carbocycles. The van der Waals surface area contributed by atoms with E-state index in [1.807, 2.05) is 19.1 Å². The summed E-state index contributed by atoms with van der Waals surface area (Å²) in [6.45, 7) is 3.63. The molecular weight excluding hydrogens is 148 g/mol. The van der Waals surface area contributed by atoms with Gasteiger partial charge in [0, 0.05) is 6.08 Å². The summed E-state index contributed by atoms with van der Waals surface area (Å²) >= 11 is 0. The fourth-order valence-corrected chi connectivity index (χ4v) is 0.764. The van der Waals surface area contributed by atoms with E-state index in [4.69, 9.17) is 10.5 Å². The van der Waals surface area contributed by atoms with Crippen LogP contribution >= 0.6 is 0 Å². The Morgan fingerprint density at radius 1 is 1.17 bits per heavy atom. The van der Waals surface area contributed by atoms with E-state index in [0.29, 0.717) is 5.57 Å². The third-order valence-corrected chi connectivity index (χ3v) is 1.37. The molecule has 0 heterocycles. The van der Waals surface area contributed by atoms with E-state index in [-0.39, 0.29) is 0 Å². The number of hydrogen-bond acceptors (Lipinski definition) is 2. The van der Waals surface area contributed by atoms with Crippen molar-refractivity contribution in [3.05, 3.63) is 35.5 Å². The molecule has 0 aromatic rings. The lowest BCUT2D eigenvalue weighted by Crippen LogP contribution is -1.81. The van der Waals surface area contributed by atoms with Crippen molar-refractivity contribution >= 4 is 0 Å². The molecule has 0 radical (unpaired) electrons. The smallest absolute Gasteiger partial charge is 0.0994 e. The molecule has 0 N–H and O–H groups in total. The molecule has 12 heavy (non-hydrogen) atoms. The van der Waals surface area contributed by atoms with Gasteiger partial charge in [0.1, 0.15) is 0 Å². The molecule has 0 aliphatic rings. The SMILES string of the molecule is CC=C(C#N)C(C=CC#N)=CC. The molecule has 0 aromatic heterocycles. The fourth-order valence-electron chi connectivity index (χ4n) is 0.764. The lowest BCUT2D eigenvalue weighted by atomic mass is 10.1. The third kappa shape index (κ3) is 2.86. The van der Waals surface area contributed by atoms with Crippen molar-refractivity contribution in [2.24, 2.45) is 0 Å². The molecule has 0 aromatic carbocycles. The molecule has 0 unspecified atom stereocenters. The van der Waals surface area contributed by atoms with Gasteiger partial charge in [-0.1, -0.05) is 12.2 Å². The van der Waals surface area contributed by atoms with Gasteiger partial charge in [0.25, 0.3) is 0 Å². The molecule has 60 valence electrons. The Kier molecular flexibility index (Phi) is 5.05. The molecule has 2 nitrogen and oxygen atoms in total. The number of hydrogen-bond donors (Lipinski definition) is 0. The van der Waals surface area contributed by atoms with Crippen LogP contribution in [0.1, 0.15) is 13.8 Å². The van der Waals surface area contributed by atoms with Crippen molar-refractivity contribution in [3.8, 4) is 12.1 Å². The maximum absolute atomic E-state index is 8.65. The van der Waals surface area contributed by atoms with Gasteiger partial charge in [-0.25, -0.2) is 0 Å². The Balaban J connectivity index is 4.76. The van der Waals surface area contributed by atoms with Crippen molar-refractivity contribution in [1.82, 2.24) is 0 Å². The van der Waals surface area contributed by atoms with Gasteiger partial charge in [-0.2, -0.15) is 10.5 Å². The zero-order chi connectivity index (χ0) is 9.40. The summed E-state index contributed by atoms with van der Waals surface area (Å²) < 4.78 is 0. The van der Waals surface area contributed by atoms with E-state index in [1.54, 1.807) is 25.2 Å². The van der Waals surface area contributed by atoms with Crippen molar-refractivity contribution in [3.63, 3.8) is 0 Å². The van der Waals surface area contributed by atoms with Gasteiger partial charge in [-0.3, -0.25) is 0 Å². The lowest BCUT2D eigenvalue weighted by Gasteiger charge is -1.94. The highest BCUT2D eigenvalue weighted by atomic mass is 14.2. The van der Waals surface area contributed by atoms with Gasteiger partial charge in [0.15, 0.2) is 0 Å². The molecule has 0 aliphatic carbocycles. The third-order valence-electron chi connectivity index (χ3n) is 1.37. The van der Waals surface area contributed by atoms with E-state index in [2.05, 4.69) is 0 Å². The van der Waals surface area contributed by atoms with Crippen LogP contribution in [-0.2, 0) is 0 Å². The largest absolute Gasteiger partial charge is 0.193 e. The first-order valence-corrected chi connectivity index (χ1v) is 3.59. The van der Waals surface area contributed by atoms with Crippen LogP contribution < -0.4 is 0 Å². The Hall–Kier alpha value is -1.80. The molecule has 0 rings (SSSR count). The summed E-state index contributed by atoms with van der Waals surface area (Å²) in [4.78, 5) is 0. The van der Waals surface area contributed by atoms with Gasteiger partial charge in [0.2, 0.25) is 0 Å². The molecule has 0 atom stereocenters. The minimum Gasteiger partial charge on any atom is -0.193 e. The Morgan fingerprint density at radius 2 is 1.83 bits per heavy atom. The maximum Gasteiger partial charge on any atom is 0.0994 e.